The maximum atomic E-state index is 11.4. The van der Waals surface area contributed by atoms with E-state index >= 15 is 0 Å². The van der Waals surface area contributed by atoms with Crippen LogP contribution in [0.25, 0.3) is 0 Å². The quantitative estimate of drug-likeness (QED) is 0.0945. The summed E-state index contributed by atoms with van der Waals surface area (Å²) in [5.41, 5.74) is 0. The van der Waals surface area contributed by atoms with Crippen LogP contribution in [0.5, 0.6) is 0 Å². The maximum absolute atomic E-state index is 11.4. The Morgan fingerprint density at radius 2 is 0.583 bits per heavy atom. The molecule has 216 valence electrons. The van der Waals surface area contributed by atoms with Crippen LogP contribution in [0.1, 0.15) is 206 Å². The number of unbranched alkanes of at least 4 members (excludes halogenated alkanes) is 26. The summed E-state index contributed by atoms with van der Waals surface area (Å²) in [6.45, 7) is 4.50. The third-order valence-electron chi connectivity index (χ3n) is 8.16. The van der Waals surface area contributed by atoms with E-state index in [0.29, 0.717) is 0 Å². The summed E-state index contributed by atoms with van der Waals surface area (Å²) in [5, 5.41) is 9.41. The lowest BCUT2D eigenvalue weighted by Crippen LogP contribution is -2.13. The topological polar surface area (TPSA) is 37.3 Å². The van der Waals surface area contributed by atoms with Crippen LogP contribution in [0.15, 0.2) is 0 Å². The first kappa shape index (κ1) is 35.5. The number of hydrogen-bond acceptors (Lipinski definition) is 1. The van der Waals surface area contributed by atoms with E-state index in [4.69, 9.17) is 0 Å². The first-order valence-electron chi connectivity index (χ1n) is 16.9. The average molecular weight is 509 g/mol. The smallest absolute Gasteiger partial charge is 0.306 e. The molecule has 1 unspecified atom stereocenters. The Kier molecular flexibility index (Phi) is 30.2. The van der Waals surface area contributed by atoms with Crippen molar-refractivity contribution in [1.29, 1.82) is 0 Å². The molecule has 0 saturated carbocycles. The van der Waals surface area contributed by atoms with E-state index in [1.165, 1.54) is 167 Å². The second kappa shape index (κ2) is 30.7. The van der Waals surface area contributed by atoms with Gasteiger partial charge in [0.2, 0.25) is 0 Å². The lowest BCUT2D eigenvalue weighted by atomic mass is 9.94. The lowest BCUT2D eigenvalue weighted by molar-refractivity contribution is -0.142. The van der Waals surface area contributed by atoms with Gasteiger partial charge >= 0.3 is 5.97 Å². The van der Waals surface area contributed by atoms with Gasteiger partial charge in [0.15, 0.2) is 0 Å². The summed E-state index contributed by atoms with van der Waals surface area (Å²) < 4.78 is 0. The normalized spacial score (nSPS) is 12.3. The van der Waals surface area contributed by atoms with Crippen molar-refractivity contribution >= 4 is 5.97 Å². The van der Waals surface area contributed by atoms with Crippen LogP contribution in [0.4, 0.5) is 0 Å². The molecule has 0 aromatic rings. The van der Waals surface area contributed by atoms with Crippen LogP contribution < -0.4 is 0 Å². The van der Waals surface area contributed by atoms with Gasteiger partial charge in [0.25, 0.3) is 0 Å². The molecule has 2 heteroatoms. The summed E-state index contributed by atoms with van der Waals surface area (Å²) >= 11 is 0. The largest absolute Gasteiger partial charge is 0.481 e. The highest BCUT2D eigenvalue weighted by molar-refractivity contribution is 5.69. The van der Waals surface area contributed by atoms with Crippen molar-refractivity contribution in [3.8, 4) is 0 Å². The van der Waals surface area contributed by atoms with Gasteiger partial charge in [-0.25, -0.2) is 0 Å². The SMILES string of the molecule is CCCCCCCCCCCCCCCCCCCCCCCCCCC(CCCCCC)C(=O)O. The predicted molar refractivity (Wildman–Crippen MR) is 161 cm³/mol. The van der Waals surface area contributed by atoms with E-state index in [-0.39, 0.29) is 5.92 Å². The fourth-order valence-corrected chi connectivity index (χ4v) is 5.56. The molecule has 2 nitrogen and oxygen atoms in total. The summed E-state index contributed by atoms with van der Waals surface area (Å²) in [7, 11) is 0. The van der Waals surface area contributed by atoms with Crippen molar-refractivity contribution in [1.82, 2.24) is 0 Å². The van der Waals surface area contributed by atoms with Crippen LogP contribution in [-0.2, 0) is 4.79 Å². The van der Waals surface area contributed by atoms with Gasteiger partial charge < -0.3 is 5.11 Å². The number of carboxylic acids is 1. The zero-order chi connectivity index (χ0) is 26.4. The number of carbonyl (C=O) groups is 1. The van der Waals surface area contributed by atoms with Crippen LogP contribution in [0, 0.1) is 5.92 Å². The number of aliphatic carboxylic acids is 1. The van der Waals surface area contributed by atoms with Gasteiger partial charge in [-0.15, -0.1) is 0 Å². The molecule has 0 bridgehead atoms. The van der Waals surface area contributed by atoms with Gasteiger partial charge in [0, 0.05) is 0 Å². The van der Waals surface area contributed by atoms with E-state index < -0.39 is 5.97 Å². The Labute approximate surface area is 228 Å². The molecule has 0 amide bonds. The molecular weight excluding hydrogens is 440 g/mol. The van der Waals surface area contributed by atoms with Crippen LogP contribution in [0.3, 0.4) is 0 Å². The Morgan fingerprint density at radius 1 is 0.389 bits per heavy atom. The minimum atomic E-state index is -0.569. The van der Waals surface area contributed by atoms with Crippen LogP contribution in [0.2, 0.25) is 0 Å². The third kappa shape index (κ3) is 28.0. The van der Waals surface area contributed by atoms with E-state index in [0.717, 1.165) is 25.7 Å². The third-order valence-corrected chi connectivity index (χ3v) is 8.16. The molecular formula is C34H68O2. The van der Waals surface area contributed by atoms with Gasteiger partial charge in [-0.1, -0.05) is 194 Å². The Hall–Kier alpha value is -0.530. The van der Waals surface area contributed by atoms with Crippen molar-refractivity contribution in [2.45, 2.75) is 206 Å². The van der Waals surface area contributed by atoms with Crippen molar-refractivity contribution in [2.24, 2.45) is 5.92 Å². The summed E-state index contributed by atoms with van der Waals surface area (Å²) in [6, 6.07) is 0. The van der Waals surface area contributed by atoms with Gasteiger partial charge in [-0.05, 0) is 12.8 Å². The highest BCUT2D eigenvalue weighted by atomic mass is 16.4. The second-order valence-electron chi connectivity index (χ2n) is 11.8. The number of rotatable bonds is 31. The molecule has 1 atom stereocenters. The molecule has 0 radical (unpaired) electrons. The molecule has 0 aliphatic carbocycles. The van der Waals surface area contributed by atoms with E-state index in [2.05, 4.69) is 13.8 Å². The molecule has 0 saturated heterocycles. The first-order chi connectivity index (χ1) is 17.7. The molecule has 0 spiro atoms. The molecule has 0 aromatic carbocycles. The highest BCUT2D eigenvalue weighted by Gasteiger charge is 2.16. The van der Waals surface area contributed by atoms with Gasteiger partial charge in [0.05, 0.1) is 5.92 Å². The average Bonchev–Trinajstić information content (AvgIpc) is 2.87. The Morgan fingerprint density at radius 3 is 0.806 bits per heavy atom. The molecule has 0 aliphatic rings. The minimum absolute atomic E-state index is 0.0958. The Bertz CT molecular complexity index is 419. The molecule has 0 aromatic heterocycles. The fourth-order valence-electron chi connectivity index (χ4n) is 5.56. The standard InChI is InChI=1S/C34H68O2/c1-3-5-7-9-10-11-12-13-14-15-16-17-18-19-20-21-22-23-24-25-26-27-28-30-32-33(34(35)36)31-29-8-6-4-2/h33H,3-32H2,1-2H3,(H,35,36). The van der Waals surface area contributed by atoms with Crippen molar-refractivity contribution in [3.05, 3.63) is 0 Å². The summed E-state index contributed by atoms with van der Waals surface area (Å²) in [6.07, 6.45) is 40.3. The predicted octanol–water partition coefficient (Wildman–Crippen LogP) is 12.4. The zero-order valence-electron chi connectivity index (χ0n) is 25.1. The summed E-state index contributed by atoms with van der Waals surface area (Å²) in [5.74, 6) is -0.665. The number of carboxylic acid groups (broad SMARTS) is 1. The molecule has 0 rings (SSSR count). The van der Waals surface area contributed by atoms with E-state index in [1.54, 1.807) is 0 Å². The van der Waals surface area contributed by atoms with Gasteiger partial charge in [-0.3, -0.25) is 4.79 Å². The van der Waals surface area contributed by atoms with Crippen molar-refractivity contribution < 1.29 is 9.90 Å². The maximum Gasteiger partial charge on any atom is 0.306 e. The monoisotopic (exact) mass is 509 g/mol. The zero-order valence-corrected chi connectivity index (χ0v) is 25.1. The van der Waals surface area contributed by atoms with Crippen LogP contribution in [-0.4, -0.2) is 11.1 Å². The lowest BCUT2D eigenvalue weighted by Gasteiger charge is -2.12. The molecule has 36 heavy (non-hydrogen) atoms. The fraction of sp³-hybridized carbons (Fsp3) is 0.971. The van der Waals surface area contributed by atoms with Crippen LogP contribution >= 0.6 is 0 Å². The van der Waals surface area contributed by atoms with E-state index in [9.17, 15) is 9.90 Å². The molecule has 0 heterocycles. The van der Waals surface area contributed by atoms with Crippen molar-refractivity contribution in [3.63, 3.8) is 0 Å². The number of hydrogen-bond donors (Lipinski definition) is 1. The van der Waals surface area contributed by atoms with Gasteiger partial charge in [0.1, 0.15) is 0 Å². The minimum Gasteiger partial charge on any atom is -0.481 e. The van der Waals surface area contributed by atoms with Crippen molar-refractivity contribution in [2.75, 3.05) is 0 Å². The molecule has 0 aliphatic heterocycles. The second-order valence-corrected chi connectivity index (χ2v) is 11.8. The first-order valence-corrected chi connectivity index (χ1v) is 16.9. The Balaban J connectivity index is 3.21. The summed E-state index contributed by atoms with van der Waals surface area (Å²) in [4.78, 5) is 11.4. The van der Waals surface area contributed by atoms with Gasteiger partial charge in [-0.2, -0.15) is 0 Å². The highest BCUT2D eigenvalue weighted by Crippen LogP contribution is 2.20. The van der Waals surface area contributed by atoms with E-state index in [1.807, 2.05) is 0 Å². The molecule has 1 N–H and O–H groups in total. The molecule has 0 fully saturated rings.